The van der Waals surface area contributed by atoms with Gasteiger partial charge in [-0.3, -0.25) is 4.90 Å². The third-order valence-corrected chi connectivity index (χ3v) is 6.03. The molecule has 0 spiro atoms. The molecule has 1 aliphatic heterocycles. The topological polar surface area (TPSA) is 21.7 Å². The molecule has 4 heteroatoms. The van der Waals surface area contributed by atoms with Crippen molar-refractivity contribution in [3.05, 3.63) is 0 Å². The average Bonchev–Trinajstić information content (AvgIpc) is 3.28. The maximum Gasteiger partial charge on any atom is 0.0589 e. The van der Waals surface area contributed by atoms with Gasteiger partial charge in [0, 0.05) is 44.8 Å². The van der Waals surface area contributed by atoms with Gasteiger partial charge in [0.2, 0.25) is 0 Å². The van der Waals surface area contributed by atoms with Crippen LogP contribution in [0.2, 0.25) is 0 Å². The molecule has 112 valence electrons. The lowest BCUT2D eigenvalue weighted by molar-refractivity contribution is -0.00496. The van der Waals surface area contributed by atoms with Gasteiger partial charge in [0.1, 0.15) is 0 Å². The molecule has 0 aromatic carbocycles. The van der Waals surface area contributed by atoms with Crippen molar-refractivity contribution in [2.45, 2.75) is 38.6 Å². The van der Waals surface area contributed by atoms with E-state index in [4.69, 9.17) is 9.47 Å². The summed E-state index contributed by atoms with van der Waals surface area (Å²) in [5.41, 5.74) is 0.398. The molecule has 0 aromatic rings. The molecule has 0 aromatic heterocycles. The maximum absolute atomic E-state index is 5.55. The number of hydrogen-bond donors (Lipinski definition) is 0. The van der Waals surface area contributed by atoms with E-state index >= 15 is 0 Å². The van der Waals surface area contributed by atoms with Crippen molar-refractivity contribution in [1.82, 2.24) is 4.90 Å². The first kappa shape index (κ1) is 15.7. The largest absolute Gasteiger partial charge is 0.383 e. The average molecular weight is 334 g/mol. The minimum absolute atomic E-state index is 0.398. The highest BCUT2D eigenvalue weighted by Crippen LogP contribution is 2.39. The van der Waals surface area contributed by atoms with Gasteiger partial charge in [-0.05, 0) is 43.9 Å². The van der Waals surface area contributed by atoms with Crippen molar-refractivity contribution in [3.63, 3.8) is 0 Å². The lowest BCUT2D eigenvalue weighted by Gasteiger charge is -2.42. The van der Waals surface area contributed by atoms with Gasteiger partial charge in [-0.25, -0.2) is 0 Å². The molecular weight excluding hydrogens is 306 g/mol. The Hall–Kier alpha value is 0.360. The van der Waals surface area contributed by atoms with Gasteiger partial charge < -0.3 is 9.47 Å². The zero-order valence-electron chi connectivity index (χ0n) is 12.4. The van der Waals surface area contributed by atoms with E-state index in [1.807, 2.05) is 0 Å². The second-order valence-electron chi connectivity index (χ2n) is 6.29. The van der Waals surface area contributed by atoms with Crippen LogP contribution < -0.4 is 0 Å². The Bertz CT molecular complexity index is 265. The maximum atomic E-state index is 5.55. The Morgan fingerprint density at radius 2 is 2.05 bits per heavy atom. The SMILES string of the molecule is COCCN(CC1(CBr)CCOCC1)C(C)C1CC1. The van der Waals surface area contributed by atoms with E-state index in [9.17, 15) is 0 Å². The van der Waals surface area contributed by atoms with Crippen molar-refractivity contribution in [3.8, 4) is 0 Å². The zero-order valence-corrected chi connectivity index (χ0v) is 14.0. The highest BCUT2D eigenvalue weighted by molar-refractivity contribution is 9.09. The number of hydrogen-bond acceptors (Lipinski definition) is 3. The molecule has 1 unspecified atom stereocenters. The molecule has 1 atom stereocenters. The molecule has 1 saturated heterocycles. The molecule has 1 aliphatic carbocycles. The molecule has 2 aliphatic rings. The molecule has 0 bridgehead atoms. The van der Waals surface area contributed by atoms with Crippen LogP contribution in [0.25, 0.3) is 0 Å². The molecular formula is C15H28BrNO2. The summed E-state index contributed by atoms with van der Waals surface area (Å²) in [5, 5.41) is 1.09. The Morgan fingerprint density at radius 1 is 1.37 bits per heavy atom. The number of halogens is 1. The summed E-state index contributed by atoms with van der Waals surface area (Å²) in [6, 6.07) is 0.703. The van der Waals surface area contributed by atoms with Gasteiger partial charge in [0.25, 0.3) is 0 Å². The van der Waals surface area contributed by atoms with Crippen molar-refractivity contribution >= 4 is 15.9 Å². The van der Waals surface area contributed by atoms with E-state index in [0.717, 1.165) is 37.6 Å². The first-order valence-electron chi connectivity index (χ1n) is 7.57. The minimum atomic E-state index is 0.398. The summed E-state index contributed by atoms with van der Waals surface area (Å²) in [6.45, 7) is 7.32. The summed E-state index contributed by atoms with van der Waals surface area (Å²) < 4.78 is 10.8. The van der Waals surface area contributed by atoms with Crippen molar-refractivity contribution in [2.24, 2.45) is 11.3 Å². The Morgan fingerprint density at radius 3 is 2.58 bits per heavy atom. The lowest BCUT2D eigenvalue weighted by Crippen LogP contribution is -2.47. The predicted molar refractivity (Wildman–Crippen MR) is 81.9 cm³/mol. The normalized spacial score (nSPS) is 24.6. The Labute approximate surface area is 126 Å². The number of methoxy groups -OCH3 is 1. The van der Waals surface area contributed by atoms with Gasteiger partial charge >= 0.3 is 0 Å². The van der Waals surface area contributed by atoms with Gasteiger partial charge in [0.05, 0.1) is 6.61 Å². The van der Waals surface area contributed by atoms with Crippen LogP contribution in [0.3, 0.4) is 0 Å². The fourth-order valence-corrected chi connectivity index (χ4v) is 3.82. The van der Waals surface area contributed by atoms with Crippen LogP contribution in [0.4, 0.5) is 0 Å². The van der Waals surface area contributed by atoms with Crippen LogP contribution in [0, 0.1) is 11.3 Å². The third-order valence-electron chi connectivity index (χ3n) is 4.84. The smallest absolute Gasteiger partial charge is 0.0589 e. The highest BCUT2D eigenvalue weighted by Gasteiger charge is 2.38. The zero-order chi connectivity index (χ0) is 13.7. The fourth-order valence-electron chi connectivity index (χ4n) is 3.08. The molecule has 19 heavy (non-hydrogen) atoms. The van der Waals surface area contributed by atoms with Crippen LogP contribution in [0.5, 0.6) is 0 Å². The molecule has 2 fully saturated rings. The van der Waals surface area contributed by atoms with E-state index in [1.54, 1.807) is 7.11 Å². The molecule has 0 amide bonds. The molecule has 2 rings (SSSR count). The summed E-state index contributed by atoms with van der Waals surface area (Å²) in [6.07, 6.45) is 5.18. The minimum Gasteiger partial charge on any atom is -0.383 e. The van der Waals surface area contributed by atoms with Crippen LogP contribution in [0.15, 0.2) is 0 Å². The molecule has 1 heterocycles. The lowest BCUT2D eigenvalue weighted by atomic mass is 9.81. The number of nitrogens with zero attached hydrogens (tertiary/aromatic N) is 1. The van der Waals surface area contributed by atoms with Crippen molar-refractivity contribution in [2.75, 3.05) is 45.4 Å². The van der Waals surface area contributed by atoms with Crippen LogP contribution in [-0.2, 0) is 9.47 Å². The predicted octanol–water partition coefficient (Wildman–Crippen LogP) is 2.93. The van der Waals surface area contributed by atoms with Crippen LogP contribution in [-0.4, -0.2) is 56.3 Å². The van der Waals surface area contributed by atoms with Crippen molar-refractivity contribution < 1.29 is 9.47 Å². The monoisotopic (exact) mass is 333 g/mol. The number of alkyl halides is 1. The van der Waals surface area contributed by atoms with Crippen LogP contribution in [0.1, 0.15) is 32.6 Å². The number of rotatable bonds is 8. The third kappa shape index (κ3) is 4.42. The summed E-state index contributed by atoms with van der Waals surface area (Å²) >= 11 is 3.75. The van der Waals surface area contributed by atoms with E-state index in [0.29, 0.717) is 11.5 Å². The number of ether oxygens (including phenoxy) is 2. The van der Waals surface area contributed by atoms with E-state index in [-0.39, 0.29) is 0 Å². The first-order chi connectivity index (χ1) is 9.21. The van der Waals surface area contributed by atoms with Gasteiger partial charge in [-0.2, -0.15) is 0 Å². The second-order valence-corrected chi connectivity index (χ2v) is 6.85. The van der Waals surface area contributed by atoms with E-state index in [2.05, 4.69) is 27.8 Å². The molecule has 3 nitrogen and oxygen atoms in total. The highest BCUT2D eigenvalue weighted by atomic mass is 79.9. The summed E-state index contributed by atoms with van der Waals surface area (Å²) in [5.74, 6) is 0.920. The van der Waals surface area contributed by atoms with Gasteiger partial charge in [-0.1, -0.05) is 15.9 Å². The van der Waals surface area contributed by atoms with Gasteiger partial charge in [-0.15, -0.1) is 0 Å². The summed E-state index contributed by atoms with van der Waals surface area (Å²) in [7, 11) is 1.80. The summed E-state index contributed by atoms with van der Waals surface area (Å²) in [4.78, 5) is 2.66. The van der Waals surface area contributed by atoms with Crippen molar-refractivity contribution in [1.29, 1.82) is 0 Å². The van der Waals surface area contributed by atoms with Crippen LogP contribution >= 0.6 is 15.9 Å². The Balaban J connectivity index is 1.95. The van der Waals surface area contributed by atoms with E-state index in [1.165, 1.54) is 32.2 Å². The first-order valence-corrected chi connectivity index (χ1v) is 8.70. The molecule has 1 saturated carbocycles. The second kappa shape index (κ2) is 7.39. The fraction of sp³-hybridized carbons (Fsp3) is 1.00. The standard InChI is InChI=1S/C15H28BrNO2/c1-13(14-3-4-14)17(7-10-18-2)12-15(11-16)5-8-19-9-6-15/h13-14H,3-12H2,1-2H3. The Kier molecular flexibility index (Phi) is 6.12. The van der Waals surface area contributed by atoms with Gasteiger partial charge in [0.15, 0.2) is 0 Å². The molecule has 0 N–H and O–H groups in total. The molecule has 0 radical (unpaired) electrons. The van der Waals surface area contributed by atoms with E-state index < -0.39 is 0 Å². The quantitative estimate of drug-likeness (QED) is 0.637.